The van der Waals surface area contributed by atoms with Crippen LogP contribution in [0.1, 0.15) is 61.4 Å². The van der Waals surface area contributed by atoms with E-state index in [1.807, 2.05) is 34.1 Å². The number of ketones is 1. The first-order valence-electron chi connectivity index (χ1n) is 11.0. The van der Waals surface area contributed by atoms with Gasteiger partial charge in [-0.15, -0.1) is 0 Å². The van der Waals surface area contributed by atoms with Crippen LogP contribution in [0.2, 0.25) is 0 Å². The van der Waals surface area contributed by atoms with Gasteiger partial charge in [-0.05, 0) is 31.2 Å². The van der Waals surface area contributed by atoms with E-state index >= 15 is 0 Å². The van der Waals surface area contributed by atoms with Crippen molar-refractivity contribution in [1.29, 1.82) is 0 Å². The van der Waals surface area contributed by atoms with Crippen LogP contribution in [0, 0.1) is 0 Å². The zero-order valence-electron chi connectivity index (χ0n) is 17.5. The van der Waals surface area contributed by atoms with Crippen molar-refractivity contribution in [2.45, 2.75) is 57.9 Å². The molecule has 1 aromatic rings. The first kappa shape index (κ1) is 21.5. The number of benzene rings is 1. The molecule has 158 valence electrons. The highest BCUT2D eigenvalue weighted by molar-refractivity contribution is 5.98. The smallest absolute Gasteiger partial charge is 0.236 e. The van der Waals surface area contributed by atoms with E-state index in [-0.39, 0.29) is 36.5 Å². The second-order valence-corrected chi connectivity index (χ2v) is 8.12. The van der Waals surface area contributed by atoms with Gasteiger partial charge in [-0.25, -0.2) is 0 Å². The minimum atomic E-state index is 0.0187. The highest BCUT2D eigenvalue weighted by Gasteiger charge is 2.31. The lowest BCUT2D eigenvalue weighted by molar-refractivity contribution is -0.140. The van der Waals surface area contributed by atoms with Gasteiger partial charge in [-0.3, -0.25) is 14.4 Å². The van der Waals surface area contributed by atoms with Gasteiger partial charge in [0.15, 0.2) is 5.78 Å². The Balaban J connectivity index is 1.48. The SMILES string of the molecule is CCCCc1ccc(C(=O)CCC(=O)N2CCCC(N3CCNCC3=O)C2)cc1. The maximum Gasteiger partial charge on any atom is 0.236 e. The summed E-state index contributed by atoms with van der Waals surface area (Å²) >= 11 is 0. The predicted octanol–water partition coefficient (Wildman–Crippen LogP) is 2.41. The third-order valence-electron chi connectivity index (χ3n) is 5.98. The second kappa shape index (κ2) is 10.5. The predicted molar refractivity (Wildman–Crippen MR) is 113 cm³/mol. The van der Waals surface area contributed by atoms with Gasteiger partial charge in [0.1, 0.15) is 0 Å². The molecule has 1 unspecified atom stereocenters. The number of Topliss-reactive ketones (excluding diaryl/α,β-unsaturated/α-hetero) is 1. The Morgan fingerprint density at radius 3 is 2.66 bits per heavy atom. The Bertz CT molecular complexity index is 717. The minimum absolute atomic E-state index is 0.0187. The summed E-state index contributed by atoms with van der Waals surface area (Å²) in [6.07, 6.45) is 5.66. The molecule has 1 atom stereocenters. The highest BCUT2D eigenvalue weighted by Crippen LogP contribution is 2.19. The molecule has 2 saturated heterocycles. The molecule has 3 rings (SSSR count). The van der Waals surface area contributed by atoms with Crippen LogP contribution in [0.15, 0.2) is 24.3 Å². The molecule has 6 heteroatoms. The standard InChI is InChI=1S/C23H33N3O3/c1-2-3-5-18-7-9-19(10-8-18)21(27)11-12-22(28)25-14-4-6-20(17-25)26-15-13-24-16-23(26)29/h7-10,20,24H,2-6,11-17H2,1H3. The normalized spacial score (nSPS) is 20.0. The number of hydrogen-bond donors (Lipinski definition) is 1. The van der Waals surface area contributed by atoms with E-state index in [0.717, 1.165) is 45.2 Å². The average Bonchev–Trinajstić information content (AvgIpc) is 2.76. The molecule has 6 nitrogen and oxygen atoms in total. The molecule has 0 bridgehead atoms. The van der Waals surface area contributed by atoms with Gasteiger partial charge < -0.3 is 15.1 Å². The highest BCUT2D eigenvalue weighted by atomic mass is 16.2. The lowest BCUT2D eigenvalue weighted by Gasteiger charge is -2.41. The number of carbonyl (C=O) groups excluding carboxylic acids is 3. The number of unbranched alkanes of at least 4 members (excludes halogenated alkanes) is 1. The summed E-state index contributed by atoms with van der Waals surface area (Å²) in [5.41, 5.74) is 1.93. The van der Waals surface area contributed by atoms with Gasteiger partial charge in [0.2, 0.25) is 11.8 Å². The van der Waals surface area contributed by atoms with Gasteiger partial charge in [-0.2, -0.15) is 0 Å². The van der Waals surface area contributed by atoms with E-state index in [0.29, 0.717) is 25.2 Å². The van der Waals surface area contributed by atoms with Crippen LogP contribution >= 0.6 is 0 Å². The molecule has 0 aromatic heterocycles. The molecule has 29 heavy (non-hydrogen) atoms. The quantitative estimate of drug-likeness (QED) is 0.682. The van der Waals surface area contributed by atoms with E-state index in [2.05, 4.69) is 12.2 Å². The van der Waals surface area contributed by atoms with Gasteiger partial charge in [0, 0.05) is 50.6 Å². The monoisotopic (exact) mass is 399 g/mol. The van der Waals surface area contributed by atoms with Crippen LogP contribution in [-0.4, -0.2) is 66.2 Å². The number of likely N-dealkylation sites (tertiary alicyclic amines) is 1. The zero-order valence-corrected chi connectivity index (χ0v) is 17.5. The molecular formula is C23H33N3O3. The number of amides is 2. The van der Waals surface area contributed by atoms with Crippen LogP contribution in [0.3, 0.4) is 0 Å². The summed E-state index contributed by atoms with van der Waals surface area (Å²) < 4.78 is 0. The van der Waals surface area contributed by atoms with Crippen molar-refractivity contribution in [3.63, 3.8) is 0 Å². The molecule has 2 fully saturated rings. The maximum absolute atomic E-state index is 12.7. The number of piperazine rings is 1. The van der Waals surface area contributed by atoms with Gasteiger partial charge in [0.05, 0.1) is 6.54 Å². The number of carbonyl (C=O) groups is 3. The fraction of sp³-hybridized carbons (Fsp3) is 0.609. The summed E-state index contributed by atoms with van der Waals surface area (Å²) in [6.45, 7) is 5.37. The molecule has 2 heterocycles. The van der Waals surface area contributed by atoms with E-state index in [1.54, 1.807) is 0 Å². The molecule has 2 aliphatic heterocycles. The molecule has 0 spiro atoms. The Morgan fingerprint density at radius 2 is 1.93 bits per heavy atom. The summed E-state index contributed by atoms with van der Waals surface area (Å²) in [5.74, 6) is 0.157. The second-order valence-electron chi connectivity index (χ2n) is 8.12. The molecule has 2 amide bonds. The third-order valence-corrected chi connectivity index (χ3v) is 5.98. The fourth-order valence-corrected chi connectivity index (χ4v) is 4.20. The molecule has 0 aliphatic carbocycles. The first-order chi connectivity index (χ1) is 14.1. The number of piperidine rings is 1. The first-order valence-corrected chi connectivity index (χ1v) is 11.0. The van der Waals surface area contributed by atoms with Crippen LogP contribution in [-0.2, 0) is 16.0 Å². The van der Waals surface area contributed by atoms with Crippen molar-refractivity contribution < 1.29 is 14.4 Å². The topological polar surface area (TPSA) is 69.7 Å². The van der Waals surface area contributed by atoms with Crippen molar-refractivity contribution in [2.24, 2.45) is 0 Å². The zero-order chi connectivity index (χ0) is 20.6. The van der Waals surface area contributed by atoms with Crippen molar-refractivity contribution in [1.82, 2.24) is 15.1 Å². The Labute approximate surface area is 173 Å². The van der Waals surface area contributed by atoms with Crippen molar-refractivity contribution in [3.05, 3.63) is 35.4 Å². The fourth-order valence-electron chi connectivity index (χ4n) is 4.20. The minimum Gasteiger partial charge on any atom is -0.341 e. The lowest BCUT2D eigenvalue weighted by Crippen LogP contribution is -2.57. The number of nitrogens with zero attached hydrogens (tertiary/aromatic N) is 2. The van der Waals surface area contributed by atoms with Crippen molar-refractivity contribution in [2.75, 3.05) is 32.7 Å². The Hall–Kier alpha value is -2.21. The molecule has 0 radical (unpaired) electrons. The molecular weight excluding hydrogens is 366 g/mol. The maximum atomic E-state index is 12.7. The largest absolute Gasteiger partial charge is 0.341 e. The lowest BCUT2D eigenvalue weighted by atomic mass is 10.0. The number of hydrogen-bond acceptors (Lipinski definition) is 4. The van der Waals surface area contributed by atoms with Crippen LogP contribution in [0.25, 0.3) is 0 Å². The van der Waals surface area contributed by atoms with Crippen LogP contribution < -0.4 is 5.32 Å². The molecule has 1 N–H and O–H groups in total. The Morgan fingerprint density at radius 1 is 1.14 bits per heavy atom. The summed E-state index contributed by atoms with van der Waals surface area (Å²) in [6, 6.07) is 7.90. The van der Waals surface area contributed by atoms with E-state index in [1.165, 1.54) is 5.56 Å². The summed E-state index contributed by atoms with van der Waals surface area (Å²) in [7, 11) is 0. The van der Waals surface area contributed by atoms with Gasteiger partial charge >= 0.3 is 0 Å². The van der Waals surface area contributed by atoms with Crippen LogP contribution in [0.4, 0.5) is 0 Å². The Kier molecular flexibility index (Phi) is 7.81. The number of nitrogens with one attached hydrogen (secondary N) is 1. The van der Waals surface area contributed by atoms with E-state index in [4.69, 9.17) is 0 Å². The summed E-state index contributed by atoms with van der Waals surface area (Å²) in [4.78, 5) is 41.1. The molecule has 0 saturated carbocycles. The van der Waals surface area contributed by atoms with E-state index < -0.39 is 0 Å². The van der Waals surface area contributed by atoms with Gasteiger partial charge in [0.25, 0.3) is 0 Å². The number of aryl methyl sites for hydroxylation is 1. The molecule has 2 aliphatic rings. The van der Waals surface area contributed by atoms with Crippen molar-refractivity contribution in [3.8, 4) is 0 Å². The van der Waals surface area contributed by atoms with E-state index in [9.17, 15) is 14.4 Å². The van der Waals surface area contributed by atoms with Gasteiger partial charge in [-0.1, -0.05) is 37.6 Å². The van der Waals surface area contributed by atoms with Crippen molar-refractivity contribution >= 4 is 17.6 Å². The van der Waals surface area contributed by atoms with Crippen LogP contribution in [0.5, 0.6) is 0 Å². The summed E-state index contributed by atoms with van der Waals surface area (Å²) in [5, 5.41) is 3.09. The average molecular weight is 400 g/mol. The number of rotatable bonds is 8. The molecule has 1 aromatic carbocycles. The third kappa shape index (κ3) is 5.89.